The number of nitrogens with zero attached hydrogens (tertiary/aromatic N) is 14. The zero-order valence-electron chi connectivity index (χ0n) is 43.4. The average Bonchev–Trinajstić information content (AvgIpc) is 3.75. The van der Waals surface area contributed by atoms with Crippen molar-refractivity contribution in [3.63, 3.8) is 0 Å². The molecule has 18 aromatic heterocycles. The van der Waals surface area contributed by atoms with Crippen LogP contribution in [0.1, 0.15) is 71.7 Å². The fourth-order valence-electron chi connectivity index (χ4n) is 9.84. The molecule has 0 aliphatic carbocycles. The molecular weight excluding hydrogens is 1040 g/mol. The third kappa shape index (κ3) is 10.9. The van der Waals surface area contributed by atoms with Crippen molar-refractivity contribution in [2.45, 2.75) is 78.7 Å². The second-order valence-corrected chi connectivity index (χ2v) is 18.9. The van der Waals surface area contributed by atoms with Crippen molar-refractivity contribution < 1.29 is 0 Å². The highest BCUT2D eigenvalue weighted by atomic mass is 15.2. The number of nitrogens with one attached hydrogen (secondary N) is 6. The molecule has 0 bridgehead atoms. The van der Waals surface area contributed by atoms with Crippen LogP contribution in [0.25, 0.3) is 101 Å². The molecule has 18 rings (SSSR count). The SMILES string of the molecule is C.C.C.C.C.Cc1[nH]cc2c1nc1ccccn12.Cc1[nH]cc2nc3ccccn3c12.Cc1cc2c(nc3ccccn32)[nH]1.Cc1nc2c(cc3ccccn32)[nH]1.Cc1nc2c(nc3ccccn32)[nH]1.Cc1nc2c(nc3ccccn32)[nH]1. The molecule has 0 aliphatic heterocycles. The summed E-state index contributed by atoms with van der Waals surface area (Å²) in [6.07, 6.45) is 16.0. The summed E-state index contributed by atoms with van der Waals surface area (Å²) in [6.45, 7) is 12.0. The Labute approximate surface area is 479 Å². The van der Waals surface area contributed by atoms with Crippen LogP contribution in [0.4, 0.5) is 0 Å². The van der Waals surface area contributed by atoms with E-state index in [0.717, 1.165) is 124 Å². The number of pyridine rings is 6. The van der Waals surface area contributed by atoms with Gasteiger partial charge in [0.05, 0.1) is 22.1 Å². The Morgan fingerprint density at radius 2 is 0.795 bits per heavy atom. The van der Waals surface area contributed by atoms with Crippen molar-refractivity contribution in [1.29, 1.82) is 0 Å². The normalized spacial score (nSPS) is 10.8. The van der Waals surface area contributed by atoms with E-state index in [0.29, 0.717) is 0 Å². The first-order valence-corrected chi connectivity index (χ1v) is 25.4. The first kappa shape index (κ1) is 58.4. The fourth-order valence-corrected chi connectivity index (χ4v) is 9.84. The highest BCUT2D eigenvalue weighted by Gasteiger charge is 2.11. The molecule has 0 atom stereocenters. The zero-order chi connectivity index (χ0) is 53.0. The van der Waals surface area contributed by atoms with Crippen molar-refractivity contribution >= 4 is 101 Å². The maximum absolute atomic E-state index is 4.51. The van der Waals surface area contributed by atoms with Gasteiger partial charge in [-0.3, -0.25) is 26.4 Å². The minimum absolute atomic E-state index is 0. The van der Waals surface area contributed by atoms with E-state index in [1.807, 2.05) is 196 Å². The highest BCUT2D eigenvalue weighted by molar-refractivity contribution is 5.84. The average molecular weight is 1110 g/mol. The number of aromatic amines is 6. The van der Waals surface area contributed by atoms with E-state index in [9.17, 15) is 0 Å². The molecular formula is C63H72N20. The quantitative estimate of drug-likeness (QED) is 0.0854. The molecule has 0 radical (unpaired) electrons. The van der Waals surface area contributed by atoms with E-state index >= 15 is 0 Å². The van der Waals surface area contributed by atoms with Crippen molar-refractivity contribution in [3.05, 3.63) is 205 Å². The Morgan fingerprint density at radius 3 is 1.39 bits per heavy atom. The van der Waals surface area contributed by atoms with E-state index in [4.69, 9.17) is 0 Å². The van der Waals surface area contributed by atoms with Gasteiger partial charge in [0, 0.05) is 72.2 Å². The van der Waals surface area contributed by atoms with Gasteiger partial charge in [-0.25, -0.2) is 39.9 Å². The van der Waals surface area contributed by atoms with Crippen LogP contribution in [0.5, 0.6) is 0 Å². The van der Waals surface area contributed by atoms with Gasteiger partial charge in [0.1, 0.15) is 56.7 Å². The van der Waals surface area contributed by atoms with Gasteiger partial charge in [0.25, 0.3) is 0 Å². The predicted octanol–water partition coefficient (Wildman–Crippen LogP) is 14.7. The predicted molar refractivity (Wildman–Crippen MR) is 340 cm³/mol. The van der Waals surface area contributed by atoms with E-state index in [1.54, 1.807) is 0 Å². The van der Waals surface area contributed by atoms with Gasteiger partial charge in [0.2, 0.25) is 0 Å². The number of hydrogen-bond acceptors (Lipinski definition) is 8. The van der Waals surface area contributed by atoms with Gasteiger partial charge in [-0.2, -0.15) is 0 Å². The number of H-pyrrole nitrogens is 6. The van der Waals surface area contributed by atoms with Gasteiger partial charge in [-0.05, 0) is 126 Å². The lowest BCUT2D eigenvalue weighted by molar-refractivity contribution is 1.11. The first-order chi connectivity index (χ1) is 38.1. The van der Waals surface area contributed by atoms with Crippen LogP contribution in [0.3, 0.4) is 0 Å². The Hall–Kier alpha value is -10.8. The van der Waals surface area contributed by atoms with Crippen LogP contribution in [0.15, 0.2) is 171 Å². The molecule has 20 nitrogen and oxygen atoms in total. The van der Waals surface area contributed by atoms with Crippen LogP contribution in [-0.4, -0.2) is 96.2 Å². The monoisotopic (exact) mass is 1110 g/mol. The summed E-state index contributed by atoms with van der Waals surface area (Å²) < 4.78 is 12.3. The lowest BCUT2D eigenvalue weighted by atomic mass is 10.4. The Kier molecular flexibility index (Phi) is 16.8. The summed E-state index contributed by atoms with van der Waals surface area (Å²) in [5, 5.41) is 0. The molecule has 0 saturated heterocycles. The molecule has 0 unspecified atom stereocenters. The highest BCUT2D eigenvalue weighted by Crippen LogP contribution is 2.22. The van der Waals surface area contributed by atoms with E-state index in [-0.39, 0.29) is 37.1 Å². The molecule has 18 aromatic rings. The summed E-state index contributed by atoms with van der Waals surface area (Å²) in [7, 11) is 0. The third-order valence-corrected chi connectivity index (χ3v) is 13.3. The van der Waals surface area contributed by atoms with E-state index < -0.39 is 0 Å². The minimum atomic E-state index is 0. The number of imidazole rings is 8. The summed E-state index contributed by atoms with van der Waals surface area (Å²) in [6, 6.07) is 40.2. The van der Waals surface area contributed by atoms with E-state index in [2.05, 4.69) is 113 Å². The number of aromatic nitrogens is 20. The maximum atomic E-state index is 4.51. The van der Waals surface area contributed by atoms with Crippen LogP contribution in [0, 0.1) is 41.5 Å². The first-order valence-electron chi connectivity index (χ1n) is 25.4. The standard InChI is InChI=1S/4C10H9N3.2C9H8N4.5CH4/c1-7-10-8(6-11-7)13-5-3-2-4-9(13)12-10;1-7-10-8(6-11-7)12-9-4-2-3-5-13(9)10;1-7-11-9-6-8-4-2-3-5-13(8)10(9)12-7;1-7-6-8-10(11-7)12-9-4-2-3-5-13(8)9;2*1-6-10-8-9(11-6)13-5-3-2-4-7(13)12-8;;;;;/h2*2-6,11H,1H3;2-6H,1H3,(H,11,12);2-6,11H,1H3;2*2-5H,1H3,(H,10,11);5*1H4. The minimum Gasteiger partial charge on any atom is -0.362 e. The molecule has 83 heavy (non-hydrogen) atoms. The van der Waals surface area contributed by atoms with Gasteiger partial charge < -0.3 is 29.9 Å². The van der Waals surface area contributed by atoms with Crippen LogP contribution in [0.2, 0.25) is 0 Å². The second kappa shape index (κ2) is 23.9. The van der Waals surface area contributed by atoms with E-state index in [1.165, 1.54) is 11.0 Å². The largest absolute Gasteiger partial charge is 0.362 e. The topological polar surface area (TPSA) is 224 Å². The van der Waals surface area contributed by atoms with Gasteiger partial charge in [-0.15, -0.1) is 0 Å². The second-order valence-electron chi connectivity index (χ2n) is 18.9. The molecule has 18 heterocycles. The van der Waals surface area contributed by atoms with Crippen molar-refractivity contribution in [3.8, 4) is 0 Å². The molecule has 0 aromatic carbocycles. The number of aryl methyl sites for hydroxylation is 6. The Morgan fingerprint density at radius 1 is 0.349 bits per heavy atom. The van der Waals surface area contributed by atoms with Crippen molar-refractivity contribution in [2.75, 3.05) is 0 Å². The maximum Gasteiger partial charge on any atom is 0.183 e. The number of hydrogen-bond donors (Lipinski definition) is 6. The molecule has 0 spiro atoms. The molecule has 0 amide bonds. The summed E-state index contributed by atoms with van der Waals surface area (Å²) >= 11 is 0. The molecule has 0 fully saturated rings. The van der Waals surface area contributed by atoms with Gasteiger partial charge in [0.15, 0.2) is 33.9 Å². The zero-order valence-corrected chi connectivity index (χ0v) is 43.4. The molecule has 6 N–H and O–H groups in total. The van der Waals surface area contributed by atoms with Gasteiger partial charge >= 0.3 is 0 Å². The molecule has 424 valence electrons. The third-order valence-electron chi connectivity index (χ3n) is 13.3. The smallest absolute Gasteiger partial charge is 0.183 e. The summed E-state index contributed by atoms with van der Waals surface area (Å²) in [5.74, 6) is 2.76. The van der Waals surface area contributed by atoms with Crippen LogP contribution in [-0.2, 0) is 0 Å². The summed E-state index contributed by atoms with van der Waals surface area (Å²) in [5.41, 5.74) is 21.6. The summed E-state index contributed by atoms with van der Waals surface area (Å²) in [4.78, 5) is 54.3. The number of rotatable bonds is 0. The van der Waals surface area contributed by atoms with Crippen molar-refractivity contribution in [1.82, 2.24) is 96.2 Å². The van der Waals surface area contributed by atoms with Crippen molar-refractivity contribution in [2.24, 2.45) is 0 Å². The molecule has 0 saturated carbocycles. The Bertz CT molecular complexity index is 4650. The Balaban J connectivity index is 0.000000129. The lowest BCUT2D eigenvalue weighted by Gasteiger charge is -1.92. The number of fused-ring (bicyclic) bond motifs is 18. The molecule has 20 heteroatoms. The van der Waals surface area contributed by atoms with Gasteiger partial charge in [-0.1, -0.05) is 73.5 Å². The van der Waals surface area contributed by atoms with Crippen LogP contribution >= 0.6 is 0 Å². The van der Waals surface area contributed by atoms with Crippen LogP contribution < -0.4 is 0 Å². The fraction of sp³-hybridized carbons (Fsp3) is 0.175. The lowest BCUT2D eigenvalue weighted by Crippen LogP contribution is -1.83. The molecule has 0 aliphatic rings.